The molecule has 2 aromatic heterocycles. The number of nitrogens with zero attached hydrogens (tertiary/aromatic N) is 4. The number of nitrogens with one attached hydrogen (secondary N) is 1. The summed E-state index contributed by atoms with van der Waals surface area (Å²) in [5, 5.41) is 0. The molecule has 33 heavy (non-hydrogen) atoms. The molecule has 0 radical (unpaired) electrons. The van der Waals surface area contributed by atoms with Crippen molar-refractivity contribution in [3.63, 3.8) is 0 Å². The fourth-order valence-electron chi connectivity index (χ4n) is 4.44. The summed E-state index contributed by atoms with van der Waals surface area (Å²) in [5.74, 6) is 1.50. The molecule has 1 aromatic carbocycles. The molecule has 3 aromatic rings. The molecule has 0 bridgehead atoms. The van der Waals surface area contributed by atoms with E-state index in [2.05, 4.69) is 19.6 Å². The summed E-state index contributed by atoms with van der Waals surface area (Å²) in [6.45, 7) is 1.06. The topological polar surface area (TPSA) is 83.6 Å². The Balaban J connectivity index is 1.34. The number of hydrogen-bond donors (Lipinski definition) is 1. The number of piperidine rings is 1. The fraction of sp³-hybridized carbons (Fsp3) is 0.435. The minimum atomic E-state index is -2.89. The van der Waals surface area contributed by atoms with E-state index in [1.54, 1.807) is 12.1 Å². The molecule has 10 heteroatoms. The maximum Gasteiger partial charge on any atom is 0.387 e. The molecule has 2 fully saturated rings. The number of halogens is 2. The van der Waals surface area contributed by atoms with Gasteiger partial charge in [0.15, 0.2) is 5.65 Å². The Kier molecular flexibility index (Phi) is 6.08. The summed E-state index contributed by atoms with van der Waals surface area (Å²) in [4.78, 5) is 29.4. The first-order valence-corrected chi connectivity index (χ1v) is 11.1. The Labute approximate surface area is 189 Å². The van der Waals surface area contributed by atoms with Crippen molar-refractivity contribution in [3.05, 3.63) is 36.4 Å². The number of benzene rings is 1. The number of anilines is 1. The molecule has 5 rings (SSSR count). The van der Waals surface area contributed by atoms with E-state index in [0.717, 1.165) is 30.7 Å². The number of carbonyl (C=O) groups excluding carboxylic acids is 1. The largest absolute Gasteiger partial charge is 0.435 e. The van der Waals surface area contributed by atoms with E-state index in [1.807, 2.05) is 17.0 Å². The Bertz CT molecular complexity index is 1130. The predicted molar refractivity (Wildman–Crippen MR) is 118 cm³/mol. The zero-order chi connectivity index (χ0) is 22.8. The first-order chi connectivity index (χ1) is 16.1. The Morgan fingerprint density at radius 1 is 1.15 bits per heavy atom. The van der Waals surface area contributed by atoms with E-state index in [0.29, 0.717) is 49.9 Å². The SMILES string of the molecule is O=C([C@@H]1CCCN(c2ccc3[nH]c(-c4cccc(OC(F)F)c4)nc3n2)C1)N1CCOCC1. The van der Waals surface area contributed by atoms with Gasteiger partial charge in [-0.05, 0) is 37.1 Å². The molecule has 0 unspecified atom stereocenters. The lowest BCUT2D eigenvalue weighted by atomic mass is 9.96. The van der Waals surface area contributed by atoms with Crippen molar-refractivity contribution in [3.8, 4) is 17.1 Å². The van der Waals surface area contributed by atoms with E-state index in [-0.39, 0.29) is 17.6 Å². The van der Waals surface area contributed by atoms with E-state index < -0.39 is 6.61 Å². The third kappa shape index (κ3) is 4.75. The van der Waals surface area contributed by atoms with E-state index >= 15 is 0 Å². The minimum absolute atomic E-state index is 0.0540. The van der Waals surface area contributed by atoms with Crippen LogP contribution in [0, 0.1) is 5.92 Å². The highest BCUT2D eigenvalue weighted by molar-refractivity contribution is 5.80. The van der Waals surface area contributed by atoms with Crippen LogP contribution in [0.4, 0.5) is 14.6 Å². The number of H-pyrrole nitrogens is 1. The van der Waals surface area contributed by atoms with Gasteiger partial charge in [-0.2, -0.15) is 8.78 Å². The average Bonchev–Trinajstić information content (AvgIpc) is 3.28. The summed E-state index contributed by atoms with van der Waals surface area (Å²) < 4.78 is 34.9. The van der Waals surface area contributed by atoms with Crippen LogP contribution in [0.5, 0.6) is 5.75 Å². The second-order valence-corrected chi connectivity index (χ2v) is 8.26. The van der Waals surface area contributed by atoms with Crippen molar-refractivity contribution in [2.45, 2.75) is 19.5 Å². The normalized spacial score (nSPS) is 19.3. The molecule has 1 atom stereocenters. The summed E-state index contributed by atoms with van der Waals surface area (Å²) in [6, 6.07) is 10.2. The first kappa shape index (κ1) is 21.6. The third-order valence-corrected chi connectivity index (χ3v) is 6.08. The van der Waals surface area contributed by atoms with Crippen LogP contribution >= 0.6 is 0 Å². The lowest BCUT2D eigenvalue weighted by Gasteiger charge is -2.36. The Morgan fingerprint density at radius 3 is 2.82 bits per heavy atom. The third-order valence-electron chi connectivity index (χ3n) is 6.08. The number of morpholine rings is 1. The second-order valence-electron chi connectivity index (χ2n) is 8.26. The fourth-order valence-corrected chi connectivity index (χ4v) is 4.44. The number of imidazole rings is 1. The van der Waals surface area contributed by atoms with Gasteiger partial charge < -0.3 is 24.3 Å². The number of rotatable bonds is 5. The molecule has 174 valence electrons. The van der Waals surface area contributed by atoms with Crippen molar-refractivity contribution in [2.24, 2.45) is 5.92 Å². The zero-order valence-electron chi connectivity index (χ0n) is 18.0. The molecule has 8 nitrogen and oxygen atoms in total. The van der Waals surface area contributed by atoms with Crippen molar-refractivity contribution < 1.29 is 23.0 Å². The van der Waals surface area contributed by atoms with Crippen molar-refractivity contribution in [2.75, 3.05) is 44.3 Å². The van der Waals surface area contributed by atoms with Gasteiger partial charge in [0.05, 0.1) is 24.6 Å². The molecule has 2 saturated heterocycles. The number of carbonyl (C=O) groups is 1. The van der Waals surface area contributed by atoms with Crippen molar-refractivity contribution >= 4 is 22.9 Å². The quantitative estimate of drug-likeness (QED) is 0.633. The number of aromatic amines is 1. The zero-order valence-corrected chi connectivity index (χ0v) is 18.0. The van der Waals surface area contributed by atoms with Gasteiger partial charge >= 0.3 is 6.61 Å². The molecule has 4 heterocycles. The number of aromatic nitrogens is 3. The second kappa shape index (κ2) is 9.30. The lowest BCUT2D eigenvalue weighted by molar-refractivity contribution is -0.139. The molecule has 1 N–H and O–H groups in total. The van der Waals surface area contributed by atoms with Crippen molar-refractivity contribution in [1.82, 2.24) is 19.9 Å². The molecule has 0 aliphatic carbocycles. The van der Waals surface area contributed by atoms with Gasteiger partial charge in [0.2, 0.25) is 5.91 Å². The van der Waals surface area contributed by atoms with Gasteiger partial charge in [0, 0.05) is 31.7 Å². The number of alkyl halides is 2. The molecule has 2 aliphatic heterocycles. The number of pyridine rings is 1. The molecule has 2 aliphatic rings. The Morgan fingerprint density at radius 2 is 2.00 bits per heavy atom. The summed E-state index contributed by atoms with van der Waals surface area (Å²) in [5.41, 5.74) is 1.90. The summed E-state index contributed by atoms with van der Waals surface area (Å²) >= 11 is 0. The monoisotopic (exact) mass is 457 g/mol. The van der Waals surface area contributed by atoms with Gasteiger partial charge in [-0.15, -0.1) is 0 Å². The molecule has 0 spiro atoms. The highest BCUT2D eigenvalue weighted by Gasteiger charge is 2.30. The molecule has 0 saturated carbocycles. The van der Waals surface area contributed by atoms with Gasteiger partial charge in [-0.25, -0.2) is 9.97 Å². The summed E-state index contributed by atoms with van der Waals surface area (Å²) in [6.07, 6.45) is 1.79. The number of hydrogen-bond acceptors (Lipinski definition) is 6. The van der Waals surface area contributed by atoms with E-state index in [4.69, 9.17) is 9.72 Å². The van der Waals surface area contributed by atoms with Gasteiger partial charge in [0.25, 0.3) is 0 Å². The van der Waals surface area contributed by atoms with Crippen LogP contribution in [0.2, 0.25) is 0 Å². The van der Waals surface area contributed by atoms with Crippen LogP contribution in [0.15, 0.2) is 36.4 Å². The van der Waals surface area contributed by atoms with Crippen LogP contribution in [-0.2, 0) is 9.53 Å². The highest BCUT2D eigenvalue weighted by atomic mass is 19.3. The van der Waals surface area contributed by atoms with Crippen molar-refractivity contribution in [1.29, 1.82) is 0 Å². The van der Waals surface area contributed by atoms with E-state index in [9.17, 15) is 13.6 Å². The molecular weight excluding hydrogens is 432 g/mol. The molecular formula is C23H25F2N5O3. The average molecular weight is 457 g/mol. The van der Waals surface area contributed by atoms with Crippen LogP contribution < -0.4 is 9.64 Å². The maximum absolute atomic E-state index is 12.9. The highest BCUT2D eigenvalue weighted by Crippen LogP contribution is 2.28. The number of fused-ring (bicyclic) bond motifs is 1. The van der Waals surface area contributed by atoms with Gasteiger partial charge in [0.1, 0.15) is 17.4 Å². The number of amides is 1. The Hall–Kier alpha value is -3.27. The van der Waals surface area contributed by atoms with Gasteiger partial charge in [-0.3, -0.25) is 4.79 Å². The van der Waals surface area contributed by atoms with Crippen LogP contribution in [-0.4, -0.2) is 71.8 Å². The smallest absolute Gasteiger partial charge is 0.387 e. The summed E-state index contributed by atoms with van der Waals surface area (Å²) in [7, 11) is 0. The van der Waals surface area contributed by atoms with Crippen LogP contribution in [0.25, 0.3) is 22.6 Å². The van der Waals surface area contributed by atoms with E-state index in [1.165, 1.54) is 12.1 Å². The first-order valence-electron chi connectivity index (χ1n) is 11.1. The lowest BCUT2D eigenvalue weighted by Crippen LogP contribution is -2.48. The van der Waals surface area contributed by atoms with Crippen LogP contribution in [0.3, 0.4) is 0 Å². The molecule has 1 amide bonds. The predicted octanol–water partition coefficient (Wildman–Crippen LogP) is 3.30. The standard InChI is InChI=1S/C23H25F2N5O3/c24-23(25)33-17-5-1-3-15(13-17)20-26-18-6-7-19(27-21(18)28-20)30-8-2-4-16(14-30)22(31)29-9-11-32-12-10-29/h1,3,5-7,13,16,23H,2,4,8-12,14H2,(H,26,27,28)/t16-/m1/s1. The van der Waals surface area contributed by atoms with Crippen LogP contribution in [0.1, 0.15) is 12.8 Å². The minimum Gasteiger partial charge on any atom is -0.435 e. The van der Waals surface area contributed by atoms with Gasteiger partial charge in [-0.1, -0.05) is 12.1 Å². The maximum atomic E-state index is 12.9. The number of ether oxygens (including phenoxy) is 2.